The molecule has 3 nitrogen and oxygen atoms in total. The molecule has 1 aromatic heterocycles. The molecule has 0 saturated heterocycles. The Morgan fingerprint density at radius 2 is 2.29 bits per heavy atom. The lowest BCUT2D eigenvalue weighted by Gasteiger charge is -2.17. The van der Waals surface area contributed by atoms with Crippen LogP contribution in [-0.4, -0.2) is 16.3 Å². The van der Waals surface area contributed by atoms with E-state index >= 15 is 0 Å². The van der Waals surface area contributed by atoms with Gasteiger partial charge in [-0.1, -0.05) is 6.92 Å². The van der Waals surface area contributed by atoms with Crippen molar-refractivity contribution >= 4 is 0 Å². The zero-order valence-corrected chi connectivity index (χ0v) is 11.4. The van der Waals surface area contributed by atoms with Crippen LogP contribution in [0.15, 0.2) is 6.07 Å². The second kappa shape index (κ2) is 7.13. The van der Waals surface area contributed by atoms with Gasteiger partial charge in [0, 0.05) is 13.5 Å². The van der Waals surface area contributed by atoms with Crippen LogP contribution in [0.3, 0.4) is 0 Å². The third-order valence-corrected chi connectivity index (χ3v) is 2.77. The minimum atomic E-state index is 0.363. The smallest absolute Gasteiger partial charge is 0.0597 e. The van der Waals surface area contributed by atoms with Crippen molar-refractivity contribution in [2.24, 2.45) is 7.05 Å². The number of aromatic nitrogens is 2. The van der Waals surface area contributed by atoms with E-state index in [4.69, 9.17) is 0 Å². The third-order valence-electron chi connectivity index (χ3n) is 2.77. The summed E-state index contributed by atoms with van der Waals surface area (Å²) < 4.78 is 1.97. The third kappa shape index (κ3) is 4.24. The van der Waals surface area contributed by atoms with Gasteiger partial charge in [0.1, 0.15) is 0 Å². The molecule has 0 aliphatic heterocycles. The summed E-state index contributed by atoms with van der Waals surface area (Å²) in [7, 11) is 2.01. The summed E-state index contributed by atoms with van der Waals surface area (Å²) >= 11 is 0. The van der Waals surface area contributed by atoms with Crippen molar-refractivity contribution in [2.45, 2.75) is 46.1 Å². The molecule has 17 heavy (non-hydrogen) atoms. The SMILES string of the molecule is CC#CCCC(NCCC)c1cc(C)nn1C. The first kappa shape index (κ1) is 13.8. The van der Waals surface area contributed by atoms with E-state index in [-0.39, 0.29) is 0 Å². The number of nitrogens with zero attached hydrogens (tertiary/aromatic N) is 2. The Labute approximate surface area is 105 Å². The summed E-state index contributed by atoms with van der Waals surface area (Å²) in [6.45, 7) is 7.15. The van der Waals surface area contributed by atoms with Crippen molar-refractivity contribution in [1.82, 2.24) is 15.1 Å². The number of hydrogen-bond acceptors (Lipinski definition) is 2. The second-order valence-electron chi connectivity index (χ2n) is 4.31. The van der Waals surface area contributed by atoms with Gasteiger partial charge < -0.3 is 5.32 Å². The molecule has 1 heterocycles. The summed E-state index contributed by atoms with van der Waals surface area (Å²) in [4.78, 5) is 0. The Hall–Kier alpha value is -1.27. The molecule has 1 atom stereocenters. The summed E-state index contributed by atoms with van der Waals surface area (Å²) in [5.74, 6) is 6.08. The molecular weight excluding hydrogens is 210 g/mol. The fraction of sp³-hybridized carbons (Fsp3) is 0.643. The van der Waals surface area contributed by atoms with Crippen LogP contribution in [0.5, 0.6) is 0 Å². The maximum Gasteiger partial charge on any atom is 0.0597 e. The first-order chi connectivity index (χ1) is 8.19. The van der Waals surface area contributed by atoms with Gasteiger partial charge in [0.2, 0.25) is 0 Å². The fourth-order valence-corrected chi connectivity index (χ4v) is 1.97. The van der Waals surface area contributed by atoms with Gasteiger partial charge in [0.05, 0.1) is 17.4 Å². The molecular formula is C14H23N3. The summed E-state index contributed by atoms with van der Waals surface area (Å²) in [5, 5.41) is 7.98. The van der Waals surface area contributed by atoms with Crippen LogP contribution in [0.2, 0.25) is 0 Å². The summed E-state index contributed by atoms with van der Waals surface area (Å²) in [6.07, 6.45) is 3.12. The molecule has 1 N–H and O–H groups in total. The molecule has 1 aromatic rings. The van der Waals surface area contributed by atoms with Crippen LogP contribution in [0.1, 0.15) is 50.5 Å². The number of aryl methyl sites for hydroxylation is 2. The Morgan fingerprint density at radius 1 is 1.53 bits per heavy atom. The molecule has 1 unspecified atom stereocenters. The molecule has 0 saturated carbocycles. The van der Waals surface area contributed by atoms with Crippen molar-refractivity contribution in [3.8, 4) is 11.8 Å². The topological polar surface area (TPSA) is 29.9 Å². The van der Waals surface area contributed by atoms with E-state index in [0.29, 0.717) is 6.04 Å². The lowest BCUT2D eigenvalue weighted by atomic mass is 10.1. The molecule has 1 rings (SSSR count). The average Bonchev–Trinajstić information content (AvgIpc) is 2.63. The maximum absolute atomic E-state index is 4.41. The van der Waals surface area contributed by atoms with Crippen LogP contribution in [0, 0.1) is 18.8 Å². The molecule has 0 bridgehead atoms. The fourth-order valence-electron chi connectivity index (χ4n) is 1.97. The van der Waals surface area contributed by atoms with Gasteiger partial charge in [0.25, 0.3) is 0 Å². The van der Waals surface area contributed by atoms with Gasteiger partial charge in [-0.15, -0.1) is 11.8 Å². The molecule has 0 aliphatic carbocycles. The van der Waals surface area contributed by atoms with E-state index in [1.165, 1.54) is 5.69 Å². The number of nitrogens with one attached hydrogen (secondary N) is 1. The highest BCUT2D eigenvalue weighted by atomic mass is 15.3. The van der Waals surface area contributed by atoms with Gasteiger partial charge in [-0.25, -0.2) is 0 Å². The zero-order chi connectivity index (χ0) is 12.7. The van der Waals surface area contributed by atoms with Gasteiger partial charge in [-0.05, 0) is 39.3 Å². The van der Waals surface area contributed by atoms with Crippen molar-refractivity contribution in [2.75, 3.05) is 6.54 Å². The standard InChI is InChI=1S/C14H23N3/c1-5-7-8-9-13(15-10-6-2)14-11-12(3)16-17(14)4/h11,13,15H,6,8-10H2,1-4H3. The van der Waals surface area contributed by atoms with Gasteiger partial charge in [0.15, 0.2) is 0 Å². The van der Waals surface area contributed by atoms with Crippen LogP contribution < -0.4 is 5.32 Å². The van der Waals surface area contributed by atoms with Crippen molar-refractivity contribution in [3.05, 3.63) is 17.5 Å². The van der Waals surface area contributed by atoms with Crippen LogP contribution in [0.25, 0.3) is 0 Å². The summed E-state index contributed by atoms with van der Waals surface area (Å²) in [5.41, 5.74) is 2.33. The van der Waals surface area contributed by atoms with E-state index < -0.39 is 0 Å². The molecule has 3 heteroatoms. The van der Waals surface area contributed by atoms with E-state index in [2.05, 4.69) is 35.2 Å². The predicted molar refractivity (Wildman–Crippen MR) is 71.7 cm³/mol. The summed E-state index contributed by atoms with van der Waals surface area (Å²) in [6, 6.07) is 2.52. The molecule has 0 amide bonds. The molecule has 0 spiro atoms. The first-order valence-corrected chi connectivity index (χ1v) is 6.32. The largest absolute Gasteiger partial charge is 0.309 e. The molecule has 0 radical (unpaired) electrons. The quantitative estimate of drug-likeness (QED) is 0.765. The first-order valence-electron chi connectivity index (χ1n) is 6.32. The predicted octanol–water partition coefficient (Wildman–Crippen LogP) is 2.57. The molecule has 0 fully saturated rings. The van der Waals surface area contributed by atoms with E-state index in [0.717, 1.165) is 31.5 Å². The normalized spacial score (nSPS) is 12.0. The van der Waals surface area contributed by atoms with Crippen molar-refractivity contribution in [3.63, 3.8) is 0 Å². The van der Waals surface area contributed by atoms with Crippen molar-refractivity contribution < 1.29 is 0 Å². The average molecular weight is 233 g/mol. The molecule has 0 aromatic carbocycles. The van der Waals surface area contributed by atoms with Gasteiger partial charge in [-0.3, -0.25) is 4.68 Å². The van der Waals surface area contributed by atoms with Crippen LogP contribution >= 0.6 is 0 Å². The Bertz CT molecular complexity index is 395. The zero-order valence-electron chi connectivity index (χ0n) is 11.4. The van der Waals surface area contributed by atoms with E-state index in [1.807, 2.05) is 25.6 Å². The lowest BCUT2D eigenvalue weighted by molar-refractivity contribution is 0.473. The highest BCUT2D eigenvalue weighted by Gasteiger charge is 2.14. The minimum Gasteiger partial charge on any atom is -0.309 e. The molecule has 94 valence electrons. The van der Waals surface area contributed by atoms with Gasteiger partial charge in [-0.2, -0.15) is 5.10 Å². The van der Waals surface area contributed by atoms with E-state index in [9.17, 15) is 0 Å². The van der Waals surface area contributed by atoms with Crippen molar-refractivity contribution in [1.29, 1.82) is 0 Å². The van der Waals surface area contributed by atoms with Crippen LogP contribution in [0.4, 0.5) is 0 Å². The Kier molecular flexibility index (Phi) is 5.79. The van der Waals surface area contributed by atoms with E-state index in [1.54, 1.807) is 0 Å². The van der Waals surface area contributed by atoms with Gasteiger partial charge >= 0.3 is 0 Å². The Morgan fingerprint density at radius 3 is 2.82 bits per heavy atom. The highest BCUT2D eigenvalue weighted by Crippen LogP contribution is 2.18. The maximum atomic E-state index is 4.41. The van der Waals surface area contributed by atoms with Crippen LogP contribution in [-0.2, 0) is 7.05 Å². The highest BCUT2D eigenvalue weighted by molar-refractivity contribution is 5.13. The second-order valence-corrected chi connectivity index (χ2v) is 4.31. The number of rotatable bonds is 6. The monoisotopic (exact) mass is 233 g/mol. The minimum absolute atomic E-state index is 0.363. The number of hydrogen-bond donors (Lipinski definition) is 1. The lowest BCUT2D eigenvalue weighted by Crippen LogP contribution is -2.24. The Balaban J connectivity index is 2.72. The molecule has 0 aliphatic rings.